The largest absolute Gasteiger partial charge is 0.374 e. The Hall–Kier alpha value is -0.170. The first kappa shape index (κ1) is 14.9. The molecule has 1 aliphatic heterocycles. The Morgan fingerprint density at radius 2 is 2.24 bits per heavy atom. The molecule has 0 radical (unpaired) electrons. The second-order valence-corrected chi connectivity index (χ2v) is 7.01. The van der Waals surface area contributed by atoms with Crippen LogP contribution < -0.4 is 5.32 Å². The molecule has 0 aromatic rings. The van der Waals surface area contributed by atoms with Gasteiger partial charge in [0, 0.05) is 25.4 Å². The number of rotatable bonds is 6. The van der Waals surface area contributed by atoms with Crippen molar-refractivity contribution < 1.29 is 13.2 Å². The summed E-state index contributed by atoms with van der Waals surface area (Å²) >= 11 is 0. The lowest BCUT2D eigenvalue weighted by Gasteiger charge is -2.35. The minimum absolute atomic E-state index is 0.0930. The average Bonchev–Trinajstić information content (AvgIpc) is 2.23. The van der Waals surface area contributed by atoms with E-state index in [-0.39, 0.29) is 17.9 Å². The molecule has 0 spiro atoms. The van der Waals surface area contributed by atoms with E-state index in [0.29, 0.717) is 6.42 Å². The van der Waals surface area contributed by atoms with Crippen LogP contribution in [0.1, 0.15) is 13.3 Å². The minimum atomic E-state index is -2.90. The highest BCUT2D eigenvalue weighted by Gasteiger charge is 2.26. The van der Waals surface area contributed by atoms with Crippen LogP contribution in [0.3, 0.4) is 0 Å². The summed E-state index contributed by atoms with van der Waals surface area (Å²) in [5, 5.41) is 3.33. The van der Waals surface area contributed by atoms with Gasteiger partial charge in [0.1, 0.15) is 9.84 Å². The van der Waals surface area contributed by atoms with Gasteiger partial charge in [0.05, 0.1) is 18.5 Å². The van der Waals surface area contributed by atoms with Gasteiger partial charge in [-0.3, -0.25) is 0 Å². The minimum Gasteiger partial charge on any atom is -0.374 e. The predicted octanol–water partition coefficient (Wildman–Crippen LogP) is -0.270. The Balaban J connectivity index is 2.51. The van der Waals surface area contributed by atoms with Crippen LogP contribution in [0.4, 0.5) is 0 Å². The van der Waals surface area contributed by atoms with E-state index in [9.17, 15) is 8.42 Å². The summed E-state index contributed by atoms with van der Waals surface area (Å²) in [5.41, 5.74) is 0. The second kappa shape index (κ2) is 6.68. The Bertz CT molecular complexity index is 319. The van der Waals surface area contributed by atoms with Gasteiger partial charge in [-0.05, 0) is 20.0 Å². The van der Waals surface area contributed by atoms with E-state index in [1.165, 1.54) is 6.26 Å². The molecule has 1 saturated heterocycles. The van der Waals surface area contributed by atoms with Crippen LogP contribution in [-0.2, 0) is 14.6 Å². The molecule has 1 aliphatic rings. The maximum Gasteiger partial charge on any atom is 0.147 e. The molecule has 0 aromatic heterocycles. The van der Waals surface area contributed by atoms with Gasteiger partial charge < -0.3 is 15.0 Å². The molecule has 5 nitrogen and oxygen atoms in total. The van der Waals surface area contributed by atoms with Crippen LogP contribution in [0.5, 0.6) is 0 Å². The lowest BCUT2D eigenvalue weighted by molar-refractivity contribution is -0.0386. The van der Waals surface area contributed by atoms with Crippen molar-refractivity contribution in [1.82, 2.24) is 10.2 Å². The molecule has 0 aromatic carbocycles. The number of nitrogens with one attached hydrogen (secondary N) is 1. The highest BCUT2D eigenvalue weighted by Crippen LogP contribution is 2.11. The highest BCUT2D eigenvalue weighted by atomic mass is 32.2. The molecule has 102 valence electrons. The summed E-state index contributed by atoms with van der Waals surface area (Å²) < 4.78 is 28.1. The first-order valence-corrected chi connectivity index (χ1v) is 8.19. The third kappa shape index (κ3) is 5.81. The maximum atomic E-state index is 11.2. The van der Waals surface area contributed by atoms with E-state index in [2.05, 4.69) is 17.3 Å². The third-order valence-corrected chi connectivity index (χ3v) is 3.99. The molecule has 2 atom stereocenters. The van der Waals surface area contributed by atoms with Crippen LogP contribution in [0.25, 0.3) is 0 Å². The summed E-state index contributed by atoms with van der Waals surface area (Å²) in [7, 11) is -0.834. The number of ether oxygens (including phenoxy) is 1. The Morgan fingerprint density at radius 1 is 1.53 bits per heavy atom. The van der Waals surface area contributed by atoms with Crippen LogP contribution >= 0.6 is 0 Å². The second-order valence-electron chi connectivity index (χ2n) is 4.75. The van der Waals surface area contributed by atoms with Crippen molar-refractivity contribution in [2.45, 2.75) is 25.5 Å². The van der Waals surface area contributed by atoms with E-state index in [4.69, 9.17) is 4.74 Å². The van der Waals surface area contributed by atoms with Crippen molar-refractivity contribution in [1.29, 1.82) is 0 Å². The summed E-state index contributed by atoms with van der Waals surface area (Å²) in [6.45, 7) is 5.39. The van der Waals surface area contributed by atoms with Gasteiger partial charge in [0.25, 0.3) is 0 Å². The van der Waals surface area contributed by atoms with Crippen molar-refractivity contribution >= 4 is 9.84 Å². The monoisotopic (exact) mass is 264 g/mol. The molecule has 1 rings (SSSR count). The van der Waals surface area contributed by atoms with E-state index < -0.39 is 9.84 Å². The van der Waals surface area contributed by atoms with E-state index in [1.807, 2.05) is 6.92 Å². The molecule has 1 N–H and O–H groups in total. The summed E-state index contributed by atoms with van der Waals surface area (Å²) in [6.07, 6.45) is 1.99. The molecule has 0 aliphatic carbocycles. The first-order valence-electron chi connectivity index (χ1n) is 6.13. The van der Waals surface area contributed by atoms with Gasteiger partial charge in [-0.2, -0.15) is 0 Å². The summed E-state index contributed by atoms with van der Waals surface area (Å²) in [6, 6.07) is 0.123. The molecule has 2 unspecified atom stereocenters. The fourth-order valence-corrected chi connectivity index (χ4v) is 2.76. The molecule has 1 heterocycles. The first-order chi connectivity index (χ1) is 7.92. The Morgan fingerprint density at radius 3 is 2.76 bits per heavy atom. The molecule has 1 fully saturated rings. The van der Waals surface area contributed by atoms with Crippen molar-refractivity contribution in [2.24, 2.45) is 0 Å². The van der Waals surface area contributed by atoms with Crippen LogP contribution in [0, 0.1) is 0 Å². The molecule has 0 bridgehead atoms. The van der Waals surface area contributed by atoms with Crippen LogP contribution in [0.2, 0.25) is 0 Å². The number of likely N-dealkylation sites (N-methyl/N-ethyl adjacent to an activating group) is 2. The number of nitrogens with zero attached hydrogens (tertiary/aromatic N) is 1. The number of morpholine rings is 1. The van der Waals surface area contributed by atoms with Gasteiger partial charge >= 0.3 is 0 Å². The smallest absolute Gasteiger partial charge is 0.147 e. The van der Waals surface area contributed by atoms with Crippen LogP contribution in [0.15, 0.2) is 0 Å². The van der Waals surface area contributed by atoms with Crippen molar-refractivity contribution in [3.8, 4) is 0 Å². The molecule has 17 heavy (non-hydrogen) atoms. The van der Waals surface area contributed by atoms with E-state index in [1.54, 1.807) is 0 Å². The van der Waals surface area contributed by atoms with Crippen LogP contribution in [-0.4, -0.2) is 70.8 Å². The fraction of sp³-hybridized carbons (Fsp3) is 1.00. The lowest BCUT2D eigenvalue weighted by atomic mass is 10.1. The zero-order chi connectivity index (χ0) is 12.9. The normalized spacial score (nSPS) is 24.8. The molecular formula is C11H24N2O3S. The highest BCUT2D eigenvalue weighted by molar-refractivity contribution is 7.90. The third-order valence-electron chi connectivity index (χ3n) is 3.01. The predicted molar refractivity (Wildman–Crippen MR) is 69.0 cm³/mol. The van der Waals surface area contributed by atoms with Gasteiger partial charge in [-0.15, -0.1) is 0 Å². The lowest BCUT2D eigenvalue weighted by Crippen LogP contribution is -2.51. The Kier molecular flexibility index (Phi) is 5.85. The average molecular weight is 264 g/mol. The topological polar surface area (TPSA) is 58.6 Å². The van der Waals surface area contributed by atoms with Crippen molar-refractivity contribution in [3.63, 3.8) is 0 Å². The number of hydrogen-bond acceptors (Lipinski definition) is 5. The van der Waals surface area contributed by atoms with Gasteiger partial charge in [-0.25, -0.2) is 8.42 Å². The van der Waals surface area contributed by atoms with Crippen molar-refractivity contribution in [3.05, 3.63) is 0 Å². The van der Waals surface area contributed by atoms with E-state index in [0.717, 1.165) is 26.2 Å². The van der Waals surface area contributed by atoms with Gasteiger partial charge in [0.15, 0.2) is 0 Å². The standard InChI is InChI=1S/C11H24N2O3S/c1-4-12-10(5-8-17(3,14)15)11-9-13(2)6-7-16-11/h10-12H,4-9H2,1-3H3. The zero-order valence-electron chi connectivity index (χ0n) is 11.0. The quantitative estimate of drug-likeness (QED) is 0.716. The fourth-order valence-electron chi connectivity index (χ4n) is 2.08. The molecule has 0 amide bonds. The molecular weight excluding hydrogens is 240 g/mol. The maximum absolute atomic E-state index is 11.2. The van der Waals surface area contributed by atoms with E-state index >= 15 is 0 Å². The van der Waals surface area contributed by atoms with Gasteiger partial charge in [0.2, 0.25) is 0 Å². The SMILES string of the molecule is CCNC(CCS(C)(=O)=O)C1CN(C)CCO1. The molecule has 6 heteroatoms. The number of hydrogen-bond donors (Lipinski definition) is 1. The summed E-state index contributed by atoms with van der Waals surface area (Å²) in [5.74, 6) is 0.217. The summed E-state index contributed by atoms with van der Waals surface area (Å²) in [4.78, 5) is 2.22. The van der Waals surface area contributed by atoms with Gasteiger partial charge in [-0.1, -0.05) is 6.92 Å². The van der Waals surface area contributed by atoms with Crippen molar-refractivity contribution in [2.75, 3.05) is 45.3 Å². The molecule has 0 saturated carbocycles. The number of sulfone groups is 1. The Labute approximate surface area is 104 Å². The zero-order valence-corrected chi connectivity index (χ0v) is 11.8.